The van der Waals surface area contributed by atoms with Gasteiger partial charge < -0.3 is 20.4 Å². The monoisotopic (exact) mass is 280 g/mol. The zero-order valence-electron chi connectivity index (χ0n) is 11.9. The first kappa shape index (κ1) is 16.0. The highest BCUT2D eigenvalue weighted by atomic mass is 16.4. The van der Waals surface area contributed by atoms with E-state index in [1.165, 1.54) is 4.90 Å². The molecule has 6 heteroatoms. The molecular weight excluding hydrogens is 260 g/mol. The van der Waals surface area contributed by atoms with Gasteiger partial charge in [0, 0.05) is 13.6 Å². The molecule has 0 aliphatic rings. The molecule has 0 bridgehead atoms. The van der Waals surface area contributed by atoms with Crippen molar-refractivity contribution in [2.45, 2.75) is 26.4 Å². The van der Waals surface area contributed by atoms with Gasteiger partial charge in [0.25, 0.3) is 0 Å². The van der Waals surface area contributed by atoms with Crippen molar-refractivity contribution < 1.29 is 19.8 Å². The van der Waals surface area contributed by atoms with Crippen LogP contribution in [-0.4, -0.2) is 46.8 Å². The number of aliphatic hydroxyl groups excluding tert-OH is 1. The molecule has 0 saturated heterocycles. The lowest BCUT2D eigenvalue weighted by Gasteiger charge is -2.19. The fourth-order valence-corrected chi connectivity index (χ4v) is 1.75. The van der Waals surface area contributed by atoms with Crippen molar-refractivity contribution in [1.82, 2.24) is 4.90 Å². The van der Waals surface area contributed by atoms with Crippen LogP contribution in [0.1, 0.15) is 29.3 Å². The third-order valence-electron chi connectivity index (χ3n) is 2.96. The van der Waals surface area contributed by atoms with E-state index in [1.54, 1.807) is 39.1 Å². The van der Waals surface area contributed by atoms with Crippen LogP contribution in [0.2, 0.25) is 0 Å². The number of aliphatic hydroxyl groups is 1. The predicted molar refractivity (Wildman–Crippen MR) is 76.1 cm³/mol. The van der Waals surface area contributed by atoms with Gasteiger partial charge in [0.15, 0.2) is 0 Å². The van der Waals surface area contributed by atoms with Crippen molar-refractivity contribution in [1.29, 1.82) is 0 Å². The molecular formula is C14H20N2O4. The second kappa shape index (κ2) is 6.91. The first-order chi connectivity index (χ1) is 9.32. The lowest BCUT2D eigenvalue weighted by Crippen LogP contribution is -2.33. The zero-order chi connectivity index (χ0) is 15.3. The van der Waals surface area contributed by atoms with Crippen LogP contribution in [0.5, 0.6) is 0 Å². The topological polar surface area (TPSA) is 89.9 Å². The third kappa shape index (κ3) is 4.24. The van der Waals surface area contributed by atoms with Gasteiger partial charge in [-0.1, -0.05) is 12.1 Å². The molecule has 2 amide bonds. The van der Waals surface area contributed by atoms with Crippen molar-refractivity contribution in [2.24, 2.45) is 0 Å². The molecule has 20 heavy (non-hydrogen) atoms. The van der Waals surface area contributed by atoms with E-state index in [0.717, 1.165) is 0 Å². The number of carbonyl (C=O) groups excluding carboxylic acids is 1. The predicted octanol–water partition coefficient (Wildman–Crippen LogP) is 1.93. The average Bonchev–Trinajstić information content (AvgIpc) is 2.35. The highest BCUT2D eigenvalue weighted by molar-refractivity contribution is 6.01. The Morgan fingerprint density at radius 1 is 1.40 bits per heavy atom. The largest absolute Gasteiger partial charge is 0.478 e. The van der Waals surface area contributed by atoms with Crippen LogP contribution in [0.25, 0.3) is 0 Å². The third-order valence-corrected chi connectivity index (χ3v) is 2.96. The van der Waals surface area contributed by atoms with Crippen molar-refractivity contribution in [2.75, 3.05) is 18.9 Å². The molecule has 1 aromatic carbocycles. The Hall–Kier alpha value is -2.08. The maximum absolute atomic E-state index is 12.0. The number of urea groups is 1. The summed E-state index contributed by atoms with van der Waals surface area (Å²) in [6.07, 6.45) is -0.0254. The standard InChI is InChI=1S/C14H20N2O4/c1-9-5-4-6-11(12(9)13(18)19)15-14(20)16(3)8-7-10(2)17/h4-6,10,17H,7-8H2,1-3H3,(H,15,20)(H,18,19). The minimum Gasteiger partial charge on any atom is -0.478 e. The molecule has 110 valence electrons. The Morgan fingerprint density at radius 3 is 2.60 bits per heavy atom. The Labute approximate surface area is 118 Å². The van der Waals surface area contributed by atoms with Gasteiger partial charge in [-0.3, -0.25) is 0 Å². The second-order valence-corrected chi connectivity index (χ2v) is 4.79. The summed E-state index contributed by atoms with van der Waals surface area (Å²) in [7, 11) is 1.59. The number of hydrogen-bond donors (Lipinski definition) is 3. The number of nitrogens with zero attached hydrogens (tertiary/aromatic N) is 1. The number of carboxylic acids is 1. The van der Waals surface area contributed by atoms with Gasteiger partial charge in [-0.25, -0.2) is 9.59 Å². The summed E-state index contributed by atoms with van der Waals surface area (Å²) in [6.45, 7) is 3.71. The van der Waals surface area contributed by atoms with Gasteiger partial charge in [-0.15, -0.1) is 0 Å². The maximum atomic E-state index is 12.0. The normalized spacial score (nSPS) is 11.8. The summed E-state index contributed by atoms with van der Waals surface area (Å²) < 4.78 is 0. The molecule has 0 aliphatic heterocycles. The number of carboxylic acid groups (broad SMARTS) is 1. The first-order valence-electron chi connectivity index (χ1n) is 6.36. The van der Waals surface area contributed by atoms with Crippen LogP contribution in [0.4, 0.5) is 10.5 Å². The molecule has 0 fully saturated rings. The van der Waals surface area contributed by atoms with E-state index < -0.39 is 18.1 Å². The van der Waals surface area contributed by atoms with Crippen LogP contribution >= 0.6 is 0 Å². The molecule has 1 rings (SSSR count). The summed E-state index contributed by atoms with van der Waals surface area (Å²) >= 11 is 0. The molecule has 0 aliphatic carbocycles. The number of nitrogens with one attached hydrogen (secondary N) is 1. The lowest BCUT2D eigenvalue weighted by molar-refractivity contribution is 0.0697. The summed E-state index contributed by atoms with van der Waals surface area (Å²) in [5.41, 5.74) is 0.943. The summed E-state index contributed by atoms with van der Waals surface area (Å²) in [5.74, 6) is -1.08. The van der Waals surface area contributed by atoms with Crippen molar-refractivity contribution in [3.63, 3.8) is 0 Å². The molecule has 0 saturated carbocycles. The van der Waals surface area contributed by atoms with Crippen LogP contribution in [0, 0.1) is 6.92 Å². The molecule has 3 N–H and O–H groups in total. The van der Waals surface area contributed by atoms with Crippen LogP contribution in [0.3, 0.4) is 0 Å². The van der Waals surface area contributed by atoms with E-state index in [1.807, 2.05) is 0 Å². The number of carbonyl (C=O) groups is 2. The highest BCUT2D eigenvalue weighted by Gasteiger charge is 2.16. The van der Waals surface area contributed by atoms with E-state index in [9.17, 15) is 19.8 Å². The number of benzene rings is 1. The highest BCUT2D eigenvalue weighted by Crippen LogP contribution is 2.19. The molecule has 0 heterocycles. The van der Waals surface area contributed by atoms with Gasteiger partial charge in [0.05, 0.1) is 17.4 Å². The van der Waals surface area contributed by atoms with Crippen molar-refractivity contribution in [3.8, 4) is 0 Å². The smallest absolute Gasteiger partial charge is 0.338 e. The van der Waals surface area contributed by atoms with Crippen LogP contribution in [-0.2, 0) is 0 Å². The number of aryl methyl sites for hydroxylation is 1. The number of hydrogen-bond acceptors (Lipinski definition) is 3. The number of anilines is 1. The van der Waals surface area contributed by atoms with Gasteiger partial charge in [-0.2, -0.15) is 0 Å². The second-order valence-electron chi connectivity index (χ2n) is 4.79. The Morgan fingerprint density at radius 2 is 2.05 bits per heavy atom. The molecule has 6 nitrogen and oxygen atoms in total. The Kier molecular flexibility index (Phi) is 5.52. The summed E-state index contributed by atoms with van der Waals surface area (Å²) in [4.78, 5) is 24.6. The van der Waals surface area contributed by atoms with Crippen LogP contribution < -0.4 is 5.32 Å². The van der Waals surface area contributed by atoms with Gasteiger partial charge in [-0.05, 0) is 31.9 Å². The number of aromatic carboxylic acids is 1. The van der Waals surface area contributed by atoms with E-state index in [2.05, 4.69) is 5.32 Å². The fourth-order valence-electron chi connectivity index (χ4n) is 1.75. The molecule has 1 atom stereocenters. The van der Waals surface area contributed by atoms with E-state index in [4.69, 9.17) is 0 Å². The zero-order valence-corrected chi connectivity index (χ0v) is 11.9. The van der Waals surface area contributed by atoms with Crippen LogP contribution in [0.15, 0.2) is 18.2 Å². The molecule has 0 radical (unpaired) electrons. The lowest BCUT2D eigenvalue weighted by atomic mass is 10.1. The van der Waals surface area contributed by atoms with Crippen molar-refractivity contribution in [3.05, 3.63) is 29.3 Å². The maximum Gasteiger partial charge on any atom is 0.338 e. The van der Waals surface area contributed by atoms with E-state index in [0.29, 0.717) is 18.5 Å². The van der Waals surface area contributed by atoms with Gasteiger partial charge in [0.1, 0.15) is 0 Å². The SMILES string of the molecule is Cc1cccc(NC(=O)N(C)CCC(C)O)c1C(=O)O. The average molecular weight is 280 g/mol. The number of amides is 2. The van der Waals surface area contributed by atoms with E-state index >= 15 is 0 Å². The minimum atomic E-state index is -1.08. The first-order valence-corrected chi connectivity index (χ1v) is 6.36. The Bertz CT molecular complexity index is 500. The quantitative estimate of drug-likeness (QED) is 0.768. The fraction of sp³-hybridized carbons (Fsp3) is 0.429. The van der Waals surface area contributed by atoms with E-state index in [-0.39, 0.29) is 11.3 Å². The van der Waals surface area contributed by atoms with Gasteiger partial charge in [0.2, 0.25) is 0 Å². The molecule has 0 aromatic heterocycles. The van der Waals surface area contributed by atoms with Gasteiger partial charge >= 0.3 is 12.0 Å². The Balaban J connectivity index is 2.80. The summed E-state index contributed by atoms with van der Waals surface area (Å²) in [6, 6.07) is 4.51. The minimum absolute atomic E-state index is 0.0878. The molecule has 1 aromatic rings. The molecule has 1 unspecified atom stereocenters. The summed E-state index contributed by atoms with van der Waals surface area (Å²) in [5, 5.41) is 20.9. The number of rotatable bonds is 5. The molecule has 0 spiro atoms. The van der Waals surface area contributed by atoms with Crippen molar-refractivity contribution >= 4 is 17.7 Å².